The lowest BCUT2D eigenvalue weighted by molar-refractivity contribution is 0.0599. The Kier molecular flexibility index (Phi) is 4.83. The van der Waals surface area contributed by atoms with Gasteiger partial charge in [0.2, 0.25) is 0 Å². The minimum absolute atomic E-state index is 0.346. The predicted molar refractivity (Wildman–Crippen MR) is 76.4 cm³/mol. The normalized spacial score (nSPS) is 22.4. The number of furan rings is 1. The fraction of sp³-hybridized carbons (Fsp3) is 0.667. The summed E-state index contributed by atoms with van der Waals surface area (Å²) in [6.07, 6.45) is 3.62. The van der Waals surface area contributed by atoms with Crippen molar-refractivity contribution in [2.24, 2.45) is 11.7 Å². The maximum Gasteiger partial charge on any atom is 0.341 e. The predicted octanol–water partition coefficient (Wildman–Crippen LogP) is 1.93. The van der Waals surface area contributed by atoms with Gasteiger partial charge in [-0.15, -0.1) is 0 Å². The van der Waals surface area contributed by atoms with Crippen molar-refractivity contribution in [2.75, 3.05) is 20.7 Å². The van der Waals surface area contributed by atoms with Gasteiger partial charge in [0.15, 0.2) is 0 Å². The molecule has 1 aliphatic rings. The van der Waals surface area contributed by atoms with Crippen LogP contribution in [0.25, 0.3) is 0 Å². The Morgan fingerprint density at radius 3 is 2.95 bits per heavy atom. The van der Waals surface area contributed by atoms with Gasteiger partial charge in [0, 0.05) is 6.04 Å². The Morgan fingerprint density at radius 1 is 1.55 bits per heavy atom. The Balaban J connectivity index is 2.04. The summed E-state index contributed by atoms with van der Waals surface area (Å²) >= 11 is 0. The van der Waals surface area contributed by atoms with Crippen LogP contribution in [0.4, 0.5) is 0 Å². The summed E-state index contributed by atoms with van der Waals surface area (Å²) in [5.74, 6) is 1.63. The average molecular weight is 280 g/mol. The molecule has 1 fully saturated rings. The van der Waals surface area contributed by atoms with Gasteiger partial charge in [0.25, 0.3) is 0 Å². The highest BCUT2D eigenvalue weighted by molar-refractivity contribution is 5.90. The van der Waals surface area contributed by atoms with Crippen LogP contribution in [0.1, 0.15) is 41.1 Å². The molecule has 1 aliphatic carbocycles. The monoisotopic (exact) mass is 280 g/mol. The Morgan fingerprint density at radius 2 is 2.30 bits per heavy atom. The van der Waals surface area contributed by atoms with E-state index in [2.05, 4.69) is 11.9 Å². The van der Waals surface area contributed by atoms with Crippen molar-refractivity contribution in [3.8, 4) is 0 Å². The molecule has 0 saturated heterocycles. The van der Waals surface area contributed by atoms with E-state index in [-0.39, 0.29) is 5.97 Å². The van der Waals surface area contributed by atoms with E-state index in [0.29, 0.717) is 29.8 Å². The second-order valence-electron chi connectivity index (χ2n) is 5.58. The van der Waals surface area contributed by atoms with E-state index in [9.17, 15) is 4.79 Å². The summed E-state index contributed by atoms with van der Waals surface area (Å²) in [7, 11) is 3.47. The number of carbonyl (C=O) groups is 1. The molecule has 0 radical (unpaired) electrons. The first kappa shape index (κ1) is 15.1. The molecule has 5 heteroatoms. The van der Waals surface area contributed by atoms with Crippen LogP contribution in [0, 0.1) is 12.8 Å². The lowest BCUT2D eigenvalue weighted by Gasteiger charge is -2.28. The lowest BCUT2D eigenvalue weighted by Crippen LogP contribution is -2.37. The number of rotatable bonds is 5. The third-order valence-corrected chi connectivity index (χ3v) is 4.27. The molecule has 2 rings (SSSR count). The van der Waals surface area contributed by atoms with E-state index < -0.39 is 0 Å². The van der Waals surface area contributed by atoms with Crippen LogP contribution in [0.2, 0.25) is 0 Å². The molecule has 1 saturated carbocycles. The van der Waals surface area contributed by atoms with E-state index in [1.807, 2.05) is 0 Å². The molecule has 0 amide bonds. The van der Waals surface area contributed by atoms with Crippen molar-refractivity contribution in [1.29, 1.82) is 0 Å². The van der Waals surface area contributed by atoms with Crippen LogP contribution in [-0.4, -0.2) is 37.6 Å². The molecule has 0 spiro atoms. The van der Waals surface area contributed by atoms with Gasteiger partial charge >= 0.3 is 5.97 Å². The zero-order valence-corrected chi connectivity index (χ0v) is 12.5. The summed E-state index contributed by atoms with van der Waals surface area (Å²) in [5.41, 5.74) is 6.34. The van der Waals surface area contributed by atoms with Gasteiger partial charge in [0.05, 0.1) is 13.7 Å². The topological polar surface area (TPSA) is 68.7 Å². The third kappa shape index (κ3) is 3.04. The van der Waals surface area contributed by atoms with Crippen LogP contribution in [0.15, 0.2) is 10.5 Å². The summed E-state index contributed by atoms with van der Waals surface area (Å²) in [5, 5.41) is 0. The summed E-state index contributed by atoms with van der Waals surface area (Å²) < 4.78 is 10.4. The van der Waals surface area contributed by atoms with Gasteiger partial charge in [-0.25, -0.2) is 4.79 Å². The maximum atomic E-state index is 11.6. The second-order valence-corrected chi connectivity index (χ2v) is 5.58. The number of hydrogen-bond acceptors (Lipinski definition) is 5. The largest absolute Gasteiger partial charge is 0.465 e. The molecule has 0 bridgehead atoms. The van der Waals surface area contributed by atoms with Gasteiger partial charge in [-0.1, -0.05) is 6.42 Å². The molecule has 2 unspecified atom stereocenters. The van der Waals surface area contributed by atoms with E-state index >= 15 is 0 Å². The number of hydrogen-bond donors (Lipinski definition) is 1. The molecule has 2 N–H and O–H groups in total. The van der Waals surface area contributed by atoms with Crippen LogP contribution in [-0.2, 0) is 11.3 Å². The Hall–Kier alpha value is -1.33. The summed E-state index contributed by atoms with van der Waals surface area (Å²) in [6.45, 7) is 3.21. The molecule has 1 heterocycles. The first-order chi connectivity index (χ1) is 9.56. The Bertz CT molecular complexity index is 470. The van der Waals surface area contributed by atoms with Crippen molar-refractivity contribution in [3.63, 3.8) is 0 Å². The minimum Gasteiger partial charge on any atom is -0.465 e. The van der Waals surface area contributed by atoms with Crippen LogP contribution in [0.5, 0.6) is 0 Å². The SMILES string of the molecule is COC(=O)c1cc(CN(C)C2CCCC2CN)oc1C. The molecule has 2 atom stereocenters. The first-order valence-electron chi connectivity index (χ1n) is 7.14. The van der Waals surface area contributed by atoms with Crippen LogP contribution >= 0.6 is 0 Å². The number of nitrogens with two attached hydrogens (primary N) is 1. The van der Waals surface area contributed by atoms with Crippen molar-refractivity contribution in [3.05, 3.63) is 23.2 Å². The number of nitrogens with zero attached hydrogens (tertiary/aromatic N) is 1. The highest BCUT2D eigenvalue weighted by Crippen LogP contribution is 2.29. The van der Waals surface area contributed by atoms with E-state index in [4.69, 9.17) is 14.9 Å². The second kappa shape index (κ2) is 6.41. The number of aryl methyl sites for hydroxylation is 1. The number of methoxy groups -OCH3 is 1. The number of carbonyl (C=O) groups excluding carboxylic acids is 1. The average Bonchev–Trinajstić information content (AvgIpc) is 3.04. The van der Waals surface area contributed by atoms with Crippen molar-refractivity contribution in [2.45, 2.75) is 38.8 Å². The van der Waals surface area contributed by atoms with Crippen molar-refractivity contribution >= 4 is 5.97 Å². The third-order valence-electron chi connectivity index (χ3n) is 4.27. The molecule has 112 valence electrons. The standard InChI is InChI=1S/C15H24N2O3/c1-10-13(15(18)19-3)7-12(20-10)9-17(2)14-6-4-5-11(14)8-16/h7,11,14H,4-6,8-9,16H2,1-3H3. The zero-order chi connectivity index (χ0) is 14.7. The quantitative estimate of drug-likeness (QED) is 0.835. The van der Waals surface area contributed by atoms with Gasteiger partial charge in [-0.2, -0.15) is 0 Å². The van der Waals surface area contributed by atoms with Crippen molar-refractivity contribution < 1.29 is 13.9 Å². The van der Waals surface area contributed by atoms with E-state index in [0.717, 1.165) is 12.3 Å². The van der Waals surface area contributed by atoms with Crippen molar-refractivity contribution in [1.82, 2.24) is 4.90 Å². The summed E-state index contributed by atoms with van der Waals surface area (Å²) in [6, 6.07) is 2.29. The van der Waals surface area contributed by atoms with E-state index in [1.165, 1.54) is 26.4 Å². The van der Waals surface area contributed by atoms with Gasteiger partial charge in [-0.3, -0.25) is 4.90 Å². The summed E-state index contributed by atoms with van der Waals surface area (Å²) in [4.78, 5) is 13.9. The highest BCUT2D eigenvalue weighted by Gasteiger charge is 2.30. The lowest BCUT2D eigenvalue weighted by atomic mass is 10.0. The van der Waals surface area contributed by atoms with Gasteiger partial charge in [0.1, 0.15) is 17.1 Å². The zero-order valence-electron chi connectivity index (χ0n) is 12.5. The molecule has 5 nitrogen and oxygen atoms in total. The highest BCUT2D eigenvalue weighted by atomic mass is 16.5. The smallest absolute Gasteiger partial charge is 0.341 e. The number of esters is 1. The van der Waals surface area contributed by atoms with Crippen LogP contribution < -0.4 is 5.73 Å². The molecular weight excluding hydrogens is 256 g/mol. The minimum atomic E-state index is -0.346. The fourth-order valence-electron chi connectivity index (χ4n) is 3.17. The molecular formula is C15H24N2O3. The molecule has 1 aromatic heterocycles. The van der Waals surface area contributed by atoms with Gasteiger partial charge < -0.3 is 14.9 Å². The molecule has 0 aliphatic heterocycles. The maximum absolute atomic E-state index is 11.6. The van der Waals surface area contributed by atoms with Gasteiger partial charge in [-0.05, 0) is 45.3 Å². The number of ether oxygens (including phenoxy) is 1. The first-order valence-corrected chi connectivity index (χ1v) is 7.14. The molecule has 20 heavy (non-hydrogen) atoms. The Labute approximate surface area is 120 Å². The van der Waals surface area contributed by atoms with E-state index in [1.54, 1.807) is 13.0 Å². The van der Waals surface area contributed by atoms with Crippen LogP contribution in [0.3, 0.4) is 0 Å². The molecule has 1 aromatic rings. The molecule has 0 aromatic carbocycles. The fourth-order valence-corrected chi connectivity index (χ4v) is 3.17.